The summed E-state index contributed by atoms with van der Waals surface area (Å²) in [4.78, 5) is 7.23. The zero-order valence-electron chi connectivity index (χ0n) is 15.8. The van der Waals surface area contributed by atoms with Gasteiger partial charge in [0.15, 0.2) is 0 Å². The van der Waals surface area contributed by atoms with Crippen LogP contribution in [0.1, 0.15) is 29.7 Å². The lowest BCUT2D eigenvalue weighted by Gasteiger charge is -2.32. The number of hydrogen-bond donors (Lipinski definition) is 0. The zero-order chi connectivity index (χ0) is 18.8. The summed E-state index contributed by atoms with van der Waals surface area (Å²) in [6.07, 6.45) is 0. The molecule has 0 radical (unpaired) electrons. The second-order valence-corrected chi connectivity index (χ2v) is 7.04. The normalized spacial score (nSPS) is 16.2. The molecule has 0 saturated carbocycles. The first-order chi connectivity index (χ1) is 13.2. The van der Waals surface area contributed by atoms with Gasteiger partial charge in [-0.3, -0.25) is 4.90 Å². The predicted molar refractivity (Wildman–Crippen MR) is 107 cm³/mol. The van der Waals surface area contributed by atoms with Gasteiger partial charge in [-0.05, 0) is 31.0 Å². The highest BCUT2D eigenvalue weighted by atomic mass is 16.5. The maximum atomic E-state index is 9.72. The number of nitrogens with zero attached hydrogens (tertiary/aromatic N) is 3. The molecule has 3 aromatic rings. The van der Waals surface area contributed by atoms with E-state index in [4.69, 9.17) is 9.72 Å². The van der Waals surface area contributed by atoms with Crippen molar-refractivity contribution in [3.63, 3.8) is 0 Å². The fraction of sp³-hybridized carbons (Fsp3) is 0.304. The SMILES string of the molecule is Cc1c(C#N)c(-c2ccc(C(C)N3CCOCC3)cc2)nc2ccccc12. The molecule has 4 nitrogen and oxygen atoms in total. The van der Waals surface area contributed by atoms with E-state index < -0.39 is 0 Å². The van der Waals surface area contributed by atoms with Crippen LogP contribution in [0, 0.1) is 18.3 Å². The second kappa shape index (κ2) is 7.48. The van der Waals surface area contributed by atoms with E-state index in [1.165, 1.54) is 5.56 Å². The first-order valence-corrected chi connectivity index (χ1v) is 9.40. The standard InChI is InChI=1S/C23H23N3O/c1-16-20-5-3-4-6-22(20)25-23(21(16)15-24)19-9-7-18(8-10-19)17(2)26-11-13-27-14-12-26/h3-10,17H,11-14H2,1-2H3. The van der Waals surface area contributed by atoms with E-state index in [0.717, 1.165) is 54.0 Å². The van der Waals surface area contributed by atoms with Gasteiger partial charge in [-0.15, -0.1) is 0 Å². The number of aromatic nitrogens is 1. The third-order valence-corrected chi connectivity index (χ3v) is 5.52. The molecule has 1 aromatic heterocycles. The van der Waals surface area contributed by atoms with Crippen molar-refractivity contribution < 1.29 is 4.74 Å². The van der Waals surface area contributed by atoms with Gasteiger partial charge in [-0.2, -0.15) is 5.26 Å². The third-order valence-electron chi connectivity index (χ3n) is 5.52. The molecule has 0 bridgehead atoms. The van der Waals surface area contributed by atoms with E-state index in [-0.39, 0.29) is 0 Å². The summed E-state index contributed by atoms with van der Waals surface area (Å²) < 4.78 is 5.45. The van der Waals surface area contributed by atoms with Gasteiger partial charge < -0.3 is 4.74 Å². The summed E-state index contributed by atoms with van der Waals surface area (Å²) in [5, 5.41) is 10.8. The molecule has 27 heavy (non-hydrogen) atoms. The van der Waals surface area contributed by atoms with Gasteiger partial charge in [0.25, 0.3) is 0 Å². The van der Waals surface area contributed by atoms with Gasteiger partial charge in [0.1, 0.15) is 6.07 Å². The van der Waals surface area contributed by atoms with E-state index in [9.17, 15) is 5.26 Å². The summed E-state index contributed by atoms with van der Waals surface area (Å²) in [7, 11) is 0. The van der Waals surface area contributed by atoms with Crippen LogP contribution < -0.4 is 0 Å². The molecule has 0 aliphatic carbocycles. The van der Waals surface area contributed by atoms with Crippen LogP contribution in [0.2, 0.25) is 0 Å². The van der Waals surface area contributed by atoms with E-state index in [1.807, 2.05) is 31.2 Å². The van der Waals surface area contributed by atoms with Crippen LogP contribution in [0.4, 0.5) is 0 Å². The topological polar surface area (TPSA) is 49.2 Å². The molecule has 1 saturated heterocycles. The van der Waals surface area contributed by atoms with Crippen molar-refractivity contribution >= 4 is 10.9 Å². The number of para-hydroxylation sites is 1. The molecule has 0 N–H and O–H groups in total. The number of morpholine rings is 1. The maximum Gasteiger partial charge on any atom is 0.102 e. The highest BCUT2D eigenvalue weighted by Crippen LogP contribution is 2.30. The third kappa shape index (κ3) is 3.32. The Morgan fingerprint density at radius 1 is 1.07 bits per heavy atom. The largest absolute Gasteiger partial charge is 0.379 e. The number of aryl methyl sites for hydroxylation is 1. The van der Waals surface area contributed by atoms with Crippen molar-refractivity contribution in [2.75, 3.05) is 26.3 Å². The van der Waals surface area contributed by atoms with E-state index in [0.29, 0.717) is 11.6 Å². The number of benzene rings is 2. The number of rotatable bonds is 3. The Hall–Kier alpha value is -2.74. The van der Waals surface area contributed by atoms with Gasteiger partial charge in [0.2, 0.25) is 0 Å². The molecule has 4 rings (SSSR count). The smallest absolute Gasteiger partial charge is 0.102 e. The lowest BCUT2D eigenvalue weighted by molar-refractivity contribution is 0.0198. The molecule has 1 aliphatic heterocycles. The first kappa shape index (κ1) is 17.7. The van der Waals surface area contributed by atoms with Crippen molar-refractivity contribution in [3.8, 4) is 17.3 Å². The Kier molecular flexibility index (Phi) is 4.89. The van der Waals surface area contributed by atoms with E-state index in [2.05, 4.69) is 42.2 Å². The van der Waals surface area contributed by atoms with Gasteiger partial charge >= 0.3 is 0 Å². The lowest BCUT2D eigenvalue weighted by atomic mass is 9.97. The molecular formula is C23H23N3O. The molecule has 0 amide bonds. The quantitative estimate of drug-likeness (QED) is 0.694. The molecule has 2 heterocycles. The zero-order valence-corrected chi connectivity index (χ0v) is 15.8. The van der Waals surface area contributed by atoms with Crippen LogP contribution in [-0.2, 0) is 4.74 Å². The average Bonchev–Trinajstić information content (AvgIpc) is 2.74. The summed E-state index contributed by atoms with van der Waals surface area (Å²) in [6, 6.07) is 19.2. The van der Waals surface area contributed by atoms with E-state index in [1.54, 1.807) is 0 Å². The highest BCUT2D eigenvalue weighted by Gasteiger charge is 2.19. The highest BCUT2D eigenvalue weighted by molar-refractivity contribution is 5.88. The molecule has 1 atom stereocenters. The Morgan fingerprint density at radius 2 is 1.78 bits per heavy atom. The van der Waals surface area contributed by atoms with Crippen LogP contribution in [0.3, 0.4) is 0 Å². The van der Waals surface area contributed by atoms with Crippen LogP contribution in [0.25, 0.3) is 22.2 Å². The molecule has 136 valence electrons. The number of ether oxygens (including phenoxy) is 1. The predicted octanol–water partition coefficient (Wildman–Crippen LogP) is 4.48. The minimum atomic E-state index is 0.352. The first-order valence-electron chi connectivity index (χ1n) is 9.40. The molecule has 1 unspecified atom stereocenters. The Balaban J connectivity index is 1.71. The molecular weight excluding hydrogens is 334 g/mol. The van der Waals surface area contributed by atoms with Gasteiger partial charge in [-0.1, -0.05) is 42.5 Å². The second-order valence-electron chi connectivity index (χ2n) is 7.04. The molecule has 2 aromatic carbocycles. The number of hydrogen-bond acceptors (Lipinski definition) is 4. The van der Waals surface area contributed by atoms with Crippen molar-refractivity contribution in [2.45, 2.75) is 19.9 Å². The van der Waals surface area contributed by atoms with Crippen LogP contribution in [0.15, 0.2) is 48.5 Å². The van der Waals surface area contributed by atoms with Crippen LogP contribution in [0.5, 0.6) is 0 Å². The van der Waals surface area contributed by atoms with Gasteiger partial charge in [0.05, 0.1) is 30.0 Å². The van der Waals surface area contributed by atoms with Crippen LogP contribution >= 0.6 is 0 Å². The molecule has 1 aliphatic rings. The Morgan fingerprint density at radius 3 is 2.48 bits per heavy atom. The average molecular weight is 357 g/mol. The van der Waals surface area contributed by atoms with Crippen molar-refractivity contribution in [1.82, 2.24) is 9.88 Å². The van der Waals surface area contributed by atoms with Crippen molar-refractivity contribution in [3.05, 3.63) is 65.2 Å². The Labute approximate surface area is 160 Å². The summed E-state index contributed by atoms with van der Waals surface area (Å²) >= 11 is 0. The Bertz CT molecular complexity index is 999. The van der Waals surface area contributed by atoms with Gasteiger partial charge in [-0.25, -0.2) is 4.98 Å². The molecule has 1 fully saturated rings. The molecule has 0 spiro atoms. The number of fused-ring (bicyclic) bond motifs is 1. The summed E-state index contributed by atoms with van der Waals surface area (Å²) in [5.74, 6) is 0. The fourth-order valence-corrected chi connectivity index (χ4v) is 3.82. The maximum absolute atomic E-state index is 9.72. The fourth-order valence-electron chi connectivity index (χ4n) is 3.82. The molecule has 4 heteroatoms. The minimum Gasteiger partial charge on any atom is -0.379 e. The van der Waals surface area contributed by atoms with Crippen molar-refractivity contribution in [2.24, 2.45) is 0 Å². The van der Waals surface area contributed by atoms with E-state index >= 15 is 0 Å². The monoisotopic (exact) mass is 357 g/mol. The van der Waals surface area contributed by atoms with Crippen molar-refractivity contribution in [1.29, 1.82) is 5.26 Å². The number of pyridine rings is 1. The lowest BCUT2D eigenvalue weighted by Crippen LogP contribution is -2.37. The minimum absolute atomic E-state index is 0.352. The number of nitriles is 1. The van der Waals surface area contributed by atoms with Crippen LogP contribution in [-0.4, -0.2) is 36.2 Å². The van der Waals surface area contributed by atoms with Gasteiger partial charge in [0, 0.05) is 30.1 Å². The summed E-state index contributed by atoms with van der Waals surface area (Å²) in [6.45, 7) is 7.77. The summed E-state index contributed by atoms with van der Waals surface area (Å²) in [5.41, 5.74) is 5.59.